The second-order valence-electron chi connectivity index (χ2n) is 4.19. The smallest absolute Gasteiger partial charge is 0.220 e. The van der Waals surface area contributed by atoms with Crippen LogP contribution in [0.25, 0.3) is 0 Å². The minimum atomic E-state index is 0.0757. The molecule has 1 N–H and O–H groups in total. The molecular formula is C14H16N2OS. The molecule has 94 valence electrons. The zero-order valence-corrected chi connectivity index (χ0v) is 11.2. The normalized spacial score (nSPS) is 10.3. The number of benzene rings is 1. The Labute approximate surface area is 111 Å². The van der Waals surface area contributed by atoms with E-state index < -0.39 is 0 Å². The molecule has 0 saturated heterocycles. The lowest BCUT2D eigenvalue weighted by molar-refractivity contribution is -0.121. The van der Waals surface area contributed by atoms with E-state index in [4.69, 9.17) is 0 Å². The van der Waals surface area contributed by atoms with Gasteiger partial charge in [-0.2, -0.15) is 0 Å². The molecule has 0 bridgehead atoms. The first-order valence-electron chi connectivity index (χ1n) is 5.94. The molecule has 1 amide bonds. The highest BCUT2D eigenvalue weighted by Crippen LogP contribution is 2.07. The summed E-state index contributed by atoms with van der Waals surface area (Å²) in [6, 6.07) is 8.26. The van der Waals surface area contributed by atoms with Gasteiger partial charge in [-0.15, -0.1) is 11.3 Å². The lowest BCUT2D eigenvalue weighted by Gasteiger charge is -2.04. The summed E-state index contributed by atoms with van der Waals surface area (Å²) in [5, 5.41) is 5.73. The van der Waals surface area contributed by atoms with E-state index >= 15 is 0 Å². The van der Waals surface area contributed by atoms with Crippen molar-refractivity contribution in [2.45, 2.75) is 26.3 Å². The quantitative estimate of drug-likeness (QED) is 0.898. The first kappa shape index (κ1) is 12.8. The van der Waals surface area contributed by atoms with Gasteiger partial charge in [0.15, 0.2) is 0 Å². The molecule has 0 aliphatic rings. The fraction of sp³-hybridized carbons (Fsp3) is 0.286. The van der Waals surface area contributed by atoms with Crippen molar-refractivity contribution in [2.75, 3.05) is 0 Å². The third kappa shape index (κ3) is 3.96. The van der Waals surface area contributed by atoms with Crippen molar-refractivity contribution in [1.82, 2.24) is 10.3 Å². The van der Waals surface area contributed by atoms with Gasteiger partial charge >= 0.3 is 0 Å². The molecule has 0 radical (unpaired) electrons. The van der Waals surface area contributed by atoms with Gasteiger partial charge in [-0.1, -0.05) is 29.8 Å². The van der Waals surface area contributed by atoms with E-state index in [2.05, 4.69) is 35.4 Å². The van der Waals surface area contributed by atoms with Crippen LogP contribution in [0.4, 0.5) is 0 Å². The molecule has 0 aliphatic carbocycles. The summed E-state index contributed by atoms with van der Waals surface area (Å²) < 4.78 is 0. The molecule has 1 aromatic carbocycles. The molecule has 3 nitrogen and oxygen atoms in total. The summed E-state index contributed by atoms with van der Waals surface area (Å²) in [5.74, 6) is 0.0757. The van der Waals surface area contributed by atoms with Gasteiger partial charge in [0.1, 0.15) is 5.01 Å². The SMILES string of the molecule is Cc1cccc(CCC(=O)NCc2nccs2)c1. The predicted octanol–water partition coefficient (Wildman–Crippen LogP) is 2.70. The largest absolute Gasteiger partial charge is 0.350 e. The minimum Gasteiger partial charge on any atom is -0.350 e. The number of carbonyl (C=O) groups is 1. The maximum atomic E-state index is 11.7. The van der Waals surface area contributed by atoms with Crippen LogP contribution in [-0.4, -0.2) is 10.9 Å². The van der Waals surface area contributed by atoms with Crippen molar-refractivity contribution in [3.8, 4) is 0 Å². The number of nitrogens with one attached hydrogen (secondary N) is 1. The van der Waals surface area contributed by atoms with E-state index in [0.717, 1.165) is 11.4 Å². The van der Waals surface area contributed by atoms with Gasteiger partial charge in [0.25, 0.3) is 0 Å². The summed E-state index contributed by atoms with van der Waals surface area (Å²) in [5.41, 5.74) is 2.44. The molecule has 0 aliphatic heterocycles. The van der Waals surface area contributed by atoms with Crippen LogP contribution in [-0.2, 0) is 17.8 Å². The zero-order chi connectivity index (χ0) is 12.8. The standard InChI is InChI=1S/C14H16N2OS/c1-11-3-2-4-12(9-11)5-6-13(17)16-10-14-15-7-8-18-14/h2-4,7-9H,5-6,10H2,1H3,(H,16,17). The van der Waals surface area contributed by atoms with Crippen LogP contribution >= 0.6 is 11.3 Å². The highest BCUT2D eigenvalue weighted by atomic mass is 32.1. The van der Waals surface area contributed by atoms with Crippen molar-refractivity contribution in [2.24, 2.45) is 0 Å². The first-order valence-corrected chi connectivity index (χ1v) is 6.82. The summed E-state index contributed by atoms with van der Waals surface area (Å²) in [7, 11) is 0. The van der Waals surface area contributed by atoms with Crippen LogP contribution < -0.4 is 5.32 Å². The first-order chi connectivity index (χ1) is 8.74. The molecule has 18 heavy (non-hydrogen) atoms. The number of rotatable bonds is 5. The number of thiazole rings is 1. The second kappa shape index (κ2) is 6.31. The monoisotopic (exact) mass is 260 g/mol. The van der Waals surface area contributed by atoms with Crippen LogP contribution in [0.3, 0.4) is 0 Å². The van der Waals surface area contributed by atoms with E-state index in [0.29, 0.717) is 13.0 Å². The van der Waals surface area contributed by atoms with Crippen molar-refractivity contribution in [3.63, 3.8) is 0 Å². The third-order valence-electron chi connectivity index (χ3n) is 2.64. The van der Waals surface area contributed by atoms with Gasteiger partial charge in [0, 0.05) is 18.0 Å². The van der Waals surface area contributed by atoms with Gasteiger partial charge in [0.05, 0.1) is 6.54 Å². The zero-order valence-electron chi connectivity index (χ0n) is 10.3. The van der Waals surface area contributed by atoms with Crippen LogP contribution in [0, 0.1) is 6.92 Å². The topological polar surface area (TPSA) is 42.0 Å². The lowest BCUT2D eigenvalue weighted by atomic mass is 10.1. The molecule has 1 aromatic heterocycles. The Hall–Kier alpha value is -1.68. The maximum Gasteiger partial charge on any atom is 0.220 e. The molecule has 0 spiro atoms. The molecule has 0 saturated carbocycles. The molecule has 4 heteroatoms. The number of carbonyl (C=O) groups excluding carboxylic acids is 1. The van der Waals surface area contributed by atoms with E-state index in [-0.39, 0.29) is 5.91 Å². The number of amides is 1. The maximum absolute atomic E-state index is 11.7. The third-order valence-corrected chi connectivity index (χ3v) is 3.42. The Kier molecular flexibility index (Phi) is 4.47. The fourth-order valence-electron chi connectivity index (χ4n) is 1.73. The van der Waals surface area contributed by atoms with Crippen molar-refractivity contribution >= 4 is 17.2 Å². The van der Waals surface area contributed by atoms with Crippen molar-refractivity contribution in [3.05, 3.63) is 52.0 Å². The fourth-order valence-corrected chi connectivity index (χ4v) is 2.28. The molecule has 2 rings (SSSR count). The number of aryl methyl sites for hydroxylation is 2. The van der Waals surface area contributed by atoms with E-state index in [1.165, 1.54) is 11.1 Å². The molecule has 0 unspecified atom stereocenters. The highest BCUT2D eigenvalue weighted by molar-refractivity contribution is 7.09. The van der Waals surface area contributed by atoms with Crippen LogP contribution in [0.1, 0.15) is 22.6 Å². The van der Waals surface area contributed by atoms with Crippen LogP contribution in [0.15, 0.2) is 35.8 Å². The Morgan fingerprint density at radius 1 is 1.44 bits per heavy atom. The number of nitrogens with zero attached hydrogens (tertiary/aromatic N) is 1. The molecule has 0 fully saturated rings. The average Bonchev–Trinajstić information content (AvgIpc) is 2.87. The number of aromatic nitrogens is 1. The van der Waals surface area contributed by atoms with Gasteiger partial charge in [0.2, 0.25) is 5.91 Å². The van der Waals surface area contributed by atoms with Crippen LogP contribution in [0.2, 0.25) is 0 Å². The number of hydrogen-bond donors (Lipinski definition) is 1. The molecular weight excluding hydrogens is 244 g/mol. The predicted molar refractivity (Wildman–Crippen MR) is 73.5 cm³/mol. The Bertz CT molecular complexity index is 508. The van der Waals surface area contributed by atoms with Crippen molar-refractivity contribution < 1.29 is 4.79 Å². The Morgan fingerprint density at radius 2 is 2.33 bits per heavy atom. The number of hydrogen-bond acceptors (Lipinski definition) is 3. The summed E-state index contributed by atoms with van der Waals surface area (Å²) >= 11 is 1.56. The van der Waals surface area contributed by atoms with E-state index in [1.54, 1.807) is 17.5 Å². The average molecular weight is 260 g/mol. The summed E-state index contributed by atoms with van der Waals surface area (Å²) in [6.07, 6.45) is 3.05. The van der Waals surface area contributed by atoms with Gasteiger partial charge in [-0.05, 0) is 18.9 Å². The Balaban J connectivity index is 1.75. The molecule has 1 heterocycles. The highest BCUT2D eigenvalue weighted by Gasteiger charge is 2.03. The van der Waals surface area contributed by atoms with Gasteiger partial charge < -0.3 is 5.32 Å². The molecule has 0 atom stereocenters. The second-order valence-corrected chi connectivity index (χ2v) is 5.17. The molecule has 2 aromatic rings. The van der Waals surface area contributed by atoms with E-state index in [1.807, 2.05) is 11.4 Å². The van der Waals surface area contributed by atoms with Crippen LogP contribution in [0.5, 0.6) is 0 Å². The minimum absolute atomic E-state index is 0.0757. The van der Waals surface area contributed by atoms with Gasteiger partial charge in [-0.3, -0.25) is 4.79 Å². The van der Waals surface area contributed by atoms with Gasteiger partial charge in [-0.25, -0.2) is 4.98 Å². The summed E-state index contributed by atoms with van der Waals surface area (Å²) in [6.45, 7) is 2.59. The van der Waals surface area contributed by atoms with E-state index in [9.17, 15) is 4.79 Å². The summed E-state index contributed by atoms with van der Waals surface area (Å²) in [4.78, 5) is 15.8. The van der Waals surface area contributed by atoms with Crippen molar-refractivity contribution in [1.29, 1.82) is 0 Å². The lowest BCUT2D eigenvalue weighted by Crippen LogP contribution is -2.22. The Morgan fingerprint density at radius 3 is 3.06 bits per heavy atom.